The zero-order valence-corrected chi connectivity index (χ0v) is 13.5. The molecule has 114 valence electrons. The molecule has 1 aromatic rings. The molecular weight excluding hydrogens is 386 g/mol. The van der Waals surface area contributed by atoms with Crippen LogP contribution in [0.2, 0.25) is 0 Å². The first kappa shape index (κ1) is 17.4. The molecule has 0 saturated heterocycles. The highest BCUT2D eigenvalue weighted by molar-refractivity contribution is 14.1. The zero-order valence-electron chi connectivity index (χ0n) is 11.4. The first-order valence-corrected chi connectivity index (χ1v) is 7.32. The van der Waals surface area contributed by atoms with Gasteiger partial charge < -0.3 is 10.1 Å². The van der Waals surface area contributed by atoms with Crippen LogP contribution in [0.15, 0.2) is 0 Å². The van der Waals surface area contributed by atoms with Crippen LogP contribution in [0.25, 0.3) is 0 Å². The minimum atomic E-state index is -4.30. The molecule has 0 bridgehead atoms. The van der Waals surface area contributed by atoms with Crippen LogP contribution in [-0.2, 0) is 17.6 Å². The van der Waals surface area contributed by atoms with Crippen molar-refractivity contribution in [2.24, 2.45) is 0 Å². The molecule has 1 rings (SSSR count). The lowest BCUT2D eigenvalue weighted by atomic mass is 10.2. The molecule has 0 aliphatic rings. The molecule has 0 aromatic carbocycles. The summed E-state index contributed by atoms with van der Waals surface area (Å²) in [4.78, 5) is 8.66. The van der Waals surface area contributed by atoms with Gasteiger partial charge >= 0.3 is 6.18 Å². The van der Waals surface area contributed by atoms with Gasteiger partial charge in [-0.2, -0.15) is 13.2 Å². The van der Waals surface area contributed by atoms with Gasteiger partial charge in [0.15, 0.2) is 0 Å². The van der Waals surface area contributed by atoms with Crippen molar-refractivity contribution in [3.05, 3.63) is 15.1 Å². The first-order chi connectivity index (χ1) is 9.37. The molecule has 0 spiro atoms. The molecule has 20 heavy (non-hydrogen) atoms. The minimum absolute atomic E-state index is 0.0468. The van der Waals surface area contributed by atoms with Crippen LogP contribution in [-0.4, -0.2) is 36.4 Å². The van der Waals surface area contributed by atoms with E-state index in [-0.39, 0.29) is 13.0 Å². The Kier molecular flexibility index (Phi) is 6.93. The van der Waals surface area contributed by atoms with Crippen LogP contribution >= 0.6 is 22.6 Å². The predicted octanol–water partition coefficient (Wildman–Crippen LogP) is 3.20. The molecule has 1 heterocycles. The second-order valence-corrected chi connectivity index (χ2v) is 5.25. The van der Waals surface area contributed by atoms with Gasteiger partial charge in [-0.15, -0.1) is 0 Å². The van der Waals surface area contributed by atoms with E-state index in [1.54, 1.807) is 7.05 Å². The predicted molar refractivity (Wildman–Crippen MR) is 78.9 cm³/mol. The number of hydrogen-bond donors (Lipinski definition) is 1. The first-order valence-electron chi connectivity index (χ1n) is 6.25. The lowest BCUT2D eigenvalue weighted by Gasteiger charge is -2.11. The lowest BCUT2D eigenvalue weighted by Crippen LogP contribution is -2.18. The number of anilines is 1. The monoisotopic (exact) mass is 403 g/mol. The van der Waals surface area contributed by atoms with Crippen LogP contribution in [0.5, 0.6) is 0 Å². The van der Waals surface area contributed by atoms with Gasteiger partial charge in [-0.05, 0) is 29.0 Å². The minimum Gasteiger partial charge on any atom is -0.372 e. The Morgan fingerprint density at radius 3 is 2.50 bits per heavy atom. The van der Waals surface area contributed by atoms with Gasteiger partial charge in [-0.1, -0.05) is 13.3 Å². The van der Waals surface area contributed by atoms with E-state index in [0.29, 0.717) is 11.6 Å². The van der Waals surface area contributed by atoms with Crippen molar-refractivity contribution in [3.8, 4) is 0 Å². The Hall–Kier alpha value is -0.640. The maximum atomic E-state index is 12.0. The molecule has 8 heteroatoms. The van der Waals surface area contributed by atoms with Crippen LogP contribution in [0.4, 0.5) is 19.0 Å². The fourth-order valence-corrected chi connectivity index (χ4v) is 2.36. The third-order valence-corrected chi connectivity index (χ3v) is 3.56. The molecule has 0 saturated carbocycles. The standard InChI is InChI=1S/C12H17F3IN3O/c1-3-4-8-10(16)11(17-2)19-9(18-8)5-6-20-7-12(13,14)15/h3-7H2,1-2H3,(H,17,18,19). The average Bonchev–Trinajstić information content (AvgIpc) is 2.37. The third kappa shape index (κ3) is 5.78. The summed E-state index contributed by atoms with van der Waals surface area (Å²) in [6.07, 6.45) is -2.28. The number of ether oxygens (including phenoxy) is 1. The highest BCUT2D eigenvalue weighted by Crippen LogP contribution is 2.20. The topological polar surface area (TPSA) is 47.0 Å². The summed E-state index contributed by atoms with van der Waals surface area (Å²) in [5, 5.41) is 2.97. The van der Waals surface area contributed by atoms with Gasteiger partial charge in [0, 0.05) is 13.5 Å². The molecule has 0 amide bonds. The molecule has 1 N–H and O–H groups in total. The molecule has 4 nitrogen and oxygen atoms in total. The number of rotatable bonds is 7. The summed E-state index contributed by atoms with van der Waals surface area (Å²) in [7, 11) is 1.75. The fraction of sp³-hybridized carbons (Fsp3) is 0.667. The van der Waals surface area contributed by atoms with E-state index >= 15 is 0 Å². The Balaban J connectivity index is 2.67. The van der Waals surface area contributed by atoms with Crippen LogP contribution < -0.4 is 5.32 Å². The number of alkyl halides is 3. The summed E-state index contributed by atoms with van der Waals surface area (Å²) in [6.45, 7) is 0.760. The van der Waals surface area contributed by atoms with Gasteiger partial charge in [-0.3, -0.25) is 0 Å². The molecular formula is C12H17F3IN3O. The van der Waals surface area contributed by atoms with E-state index in [2.05, 4.69) is 42.6 Å². The van der Waals surface area contributed by atoms with Gasteiger partial charge in [0.25, 0.3) is 0 Å². The van der Waals surface area contributed by atoms with E-state index in [9.17, 15) is 13.2 Å². The number of nitrogens with one attached hydrogen (secondary N) is 1. The fourth-order valence-electron chi connectivity index (χ4n) is 1.58. The normalized spacial score (nSPS) is 11.7. The largest absolute Gasteiger partial charge is 0.411 e. The van der Waals surface area contributed by atoms with E-state index < -0.39 is 12.8 Å². The zero-order chi connectivity index (χ0) is 15.2. The Morgan fingerprint density at radius 1 is 1.25 bits per heavy atom. The number of aryl methyl sites for hydroxylation is 1. The Bertz CT molecular complexity index is 441. The third-order valence-electron chi connectivity index (χ3n) is 2.43. The van der Waals surface area contributed by atoms with Crippen LogP contribution in [0.1, 0.15) is 24.9 Å². The molecule has 0 atom stereocenters. The van der Waals surface area contributed by atoms with Crippen LogP contribution in [0, 0.1) is 3.57 Å². The highest BCUT2D eigenvalue weighted by Gasteiger charge is 2.27. The summed E-state index contributed by atoms with van der Waals surface area (Å²) < 4.78 is 41.4. The van der Waals surface area contributed by atoms with Crippen molar-refractivity contribution >= 4 is 28.4 Å². The second kappa shape index (κ2) is 7.96. The van der Waals surface area contributed by atoms with Gasteiger partial charge in [0.1, 0.15) is 18.2 Å². The smallest absolute Gasteiger partial charge is 0.372 e. The summed E-state index contributed by atoms with van der Waals surface area (Å²) in [5.74, 6) is 1.20. The summed E-state index contributed by atoms with van der Waals surface area (Å²) in [5.41, 5.74) is 0.915. The maximum absolute atomic E-state index is 12.0. The summed E-state index contributed by atoms with van der Waals surface area (Å²) in [6, 6.07) is 0. The second-order valence-electron chi connectivity index (χ2n) is 4.17. The van der Waals surface area contributed by atoms with Crippen molar-refractivity contribution in [1.29, 1.82) is 0 Å². The number of halogens is 4. The lowest BCUT2D eigenvalue weighted by molar-refractivity contribution is -0.173. The van der Waals surface area contributed by atoms with Crippen molar-refractivity contribution in [3.63, 3.8) is 0 Å². The molecule has 0 aliphatic carbocycles. The van der Waals surface area contributed by atoms with Crippen molar-refractivity contribution in [1.82, 2.24) is 9.97 Å². The SMILES string of the molecule is CCCc1nc(CCOCC(F)(F)F)nc(NC)c1I. The molecule has 1 aromatic heterocycles. The maximum Gasteiger partial charge on any atom is 0.411 e. The molecule has 0 fully saturated rings. The number of aromatic nitrogens is 2. The van der Waals surface area contributed by atoms with E-state index in [1.807, 2.05) is 6.92 Å². The van der Waals surface area contributed by atoms with Gasteiger partial charge in [-0.25, -0.2) is 9.97 Å². The summed E-state index contributed by atoms with van der Waals surface area (Å²) >= 11 is 2.17. The molecule has 0 unspecified atom stereocenters. The van der Waals surface area contributed by atoms with E-state index in [1.165, 1.54) is 0 Å². The van der Waals surface area contributed by atoms with Gasteiger partial charge in [0.05, 0.1) is 15.9 Å². The van der Waals surface area contributed by atoms with Crippen LogP contribution in [0.3, 0.4) is 0 Å². The molecule has 0 aliphatic heterocycles. The molecule has 0 radical (unpaired) electrons. The van der Waals surface area contributed by atoms with Crippen molar-refractivity contribution in [2.75, 3.05) is 25.6 Å². The van der Waals surface area contributed by atoms with Crippen molar-refractivity contribution in [2.45, 2.75) is 32.4 Å². The quantitative estimate of drug-likeness (QED) is 0.561. The Morgan fingerprint density at radius 2 is 1.95 bits per heavy atom. The van der Waals surface area contributed by atoms with Gasteiger partial charge in [0.2, 0.25) is 0 Å². The highest BCUT2D eigenvalue weighted by atomic mass is 127. The number of hydrogen-bond acceptors (Lipinski definition) is 4. The van der Waals surface area contributed by atoms with E-state index in [4.69, 9.17) is 0 Å². The van der Waals surface area contributed by atoms with E-state index in [0.717, 1.165) is 22.1 Å². The average molecular weight is 403 g/mol. The Labute approximate surface area is 129 Å². The van der Waals surface area contributed by atoms with Crippen molar-refractivity contribution < 1.29 is 17.9 Å². The number of nitrogens with zero attached hydrogens (tertiary/aromatic N) is 2.